The number of likely N-dealkylation sites (tertiary alicyclic amines) is 2. The van der Waals surface area contributed by atoms with Gasteiger partial charge in [-0.2, -0.15) is 0 Å². The number of nitrogens with zero attached hydrogens (tertiary/aromatic N) is 3. The molecule has 1 aromatic rings. The molecular formula is C19H27N3O2. The highest BCUT2D eigenvalue weighted by atomic mass is 16.2. The molecule has 3 amide bonds. The third-order valence-corrected chi connectivity index (χ3v) is 5.24. The number of hydrogen-bond acceptors (Lipinski definition) is 2. The molecule has 5 nitrogen and oxygen atoms in total. The summed E-state index contributed by atoms with van der Waals surface area (Å²) in [4.78, 5) is 30.8. The van der Waals surface area contributed by atoms with Crippen molar-refractivity contribution in [1.29, 1.82) is 0 Å². The molecule has 0 spiro atoms. The van der Waals surface area contributed by atoms with Crippen LogP contribution in [0.4, 0.5) is 10.5 Å². The summed E-state index contributed by atoms with van der Waals surface area (Å²) in [5.74, 6) is 0.172. The first-order chi connectivity index (χ1) is 11.6. The number of rotatable bonds is 2. The standard InChI is InChI=1S/C19H27N3O2/c1-15-5-7-17(8-6-15)20(2)18(23)16-9-13-22(14-10-16)19(24)21-11-3-4-12-21/h5-8,16H,3-4,9-14H2,1-2H3. The van der Waals surface area contributed by atoms with Crippen LogP contribution in [-0.4, -0.2) is 55.0 Å². The van der Waals surface area contributed by atoms with Gasteiger partial charge in [0.05, 0.1) is 0 Å². The average Bonchev–Trinajstić information content (AvgIpc) is 3.15. The lowest BCUT2D eigenvalue weighted by molar-refractivity contribution is -0.123. The third kappa shape index (κ3) is 3.55. The van der Waals surface area contributed by atoms with E-state index in [9.17, 15) is 9.59 Å². The zero-order valence-corrected chi connectivity index (χ0v) is 14.7. The Labute approximate surface area is 144 Å². The highest BCUT2D eigenvalue weighted by molar-refractivity contribution is 5.94. The molecule has 2 aliphatic rings. The van der Waals surface area contributed by atoms with Gasteiger partial charge in [0.15, 0.2) is 0 Å². The highest BCUT2D eigenvalue weighted by Crippen LogP contribution is 2.24. The summed E-state index contributed by atoms with van der Waals surface area (Å²) in [6.45, 7) is 5.18. The second kappa shape index (κ2) is 7.24. The third-order valence-electron chi connectivity index (χ3n) is 5.24. The van der Waals surface area contributed by atoms with Crippen LogP contribution >= 0.6 is 0 Å². The predicted octanol–water partition coefficient (Wildman–Crippen LogP) is 2.89. The van der Waals surface area contributed by atoms with E-state index >= 15 is 0 Å². The molecule has 5 heteroatoms. The molecule has 0 radical (unpaired) electrons. The van der Waals surface area contributed by atoms with Crippen molar-refractivity contribution in [3.8, 4) is 0 Å². The molecule has 2 heterocycles. The van der Waals surface area contributed by atoms with E-state index in [1.54, 1.807) is 4.90 Å². The molecule has 2 saturated heterocycles. The van der Waals surface area contributed by atoms with Gasteiger partial charge in [-0.05, 0) is 44.7 Å². The largest absolute Gasteiger partial charge is 0.325 e. The van der Waals surface area contributed by atoms with Crippen LogP contribution in [0.1, 0.15) is 31.2 Å². The van der Waals surface area contributed by atoms with Crippen LogP contribution in [0.15, 0.2) is 24.3 Å². The fraction of sp³-hybridized carbons (Fsp3) is 0.579. The van der Waals surface area contributed by atoms with Gasteiger partial charge in [0.2, 0.25) is 5.91 Å². The van der Waals surface area contributed by atoms with E-state index < -0.39 is 0 Å². The summed E-state index contributed by atoms with van der Waals surface area (Å²) in [5.41, 5.74) is 2.12. The van der Waals surface area contributed by atoms with Gasteiger partial charge >= 0.3 is 6.03 Å². The van der Waals surface area contributed by atoms with Crippen molar-refractivity contribution in [1.82, 2.24) is 9.80 Å². The van der Waals surface area contributed by atoms with Crippen molar-refractivity contribution in [3.05, 3.63) is 29.8 Å². The Hall–Kier alpha value is -2.04. The predicted molar refractivity (Wildman–Crippen MR) is 95.1 cm³/mol. The first kappa shape index (κ1) is 16.8. The molecule has 24 heavy (non-hydrogen) atoms. The Morgan fingerprint density at radius 2 is 1.50 bits per heavy atom. The summed E-state index contributed by atoms with van der Waals surface area (Å²) < 4.78 is 0. The summed E-state index contributed by atoms with van der Waals surface area (Å²) in [6, 6.07) is 8.18. The maximum absolute atomic E-state index is 12.7. The first-order valence-electron chi connectivity index (χ1n) is 8.94. The minimum absolute atomic E-state index is 0.0129. The molecule has 0 unspecified atom stereocenters. The Bertz CT molecular complexity index is 585. The molecule has 0 N–H and O–H groups in total. The van der Waals surface area contributed by atoms with Gasteiger partial charge in [0.1, 0.15) is 0 Å². The minimum Gasteiger partial charge on any atom is -0.325 e. The zero-order valence-electron chi connectivity index (χ0n) is 14.7. The molecule has 1 aromatic carbocycles. The van der Waals surface area contributed by atoms with Crippen molar-refractivity contribution in [3.63, 3.8) is 0 Å². The minimum atomic E-state index is 0.0129. The number of benzene rings is 1. The Kier molecular flexibility index (Phi) is 5.07. The first-order valence-corrected chi connectivity index (χ1v) is 8.94. The fourth-order valence-corrected chi connectivity index (χ4v) is 3.60. The summed E-state index contributed by atoms with van der Waals surface area (Å²) in [5, 5.41) is 0. The van der Waals surface area contributed by atoms with Gasteiger partial charge in [-0.15, -0.1) is 0 Å². The molecule has 0 bridgehead atoms. The van der Waals surface area contributed by atoms with Crippen molar-refractivity contribution < 1.29 is 9.59 Å². The second-order valence-corrected chi connectivity index (χ2v) is 6.97. The molecular weight excluding hydrogens is 302 g/mol. The summed E-state index contributed by atoms with van der Waals surface area (Å²) in [6.07, 6.45) is 3.74. The molecule has 2 aliphatic heterocycles. The van der Waals surface area contributed by atoms with Gasteiger partial charge < -0.3 is 14.7 Å². The van der Waals surface area contributed by atoms with Crippen molar-refractivity contribution in [2.24, 2.45) is 5.92 Å². The van der Waals surface area contributed by atoms with E-state index in [0.29, 0.717) is 13.1 Å². The quantitative estimate of drug-likeness (QED) is 0.837. The van der Waals surface area contributed by atoms with Crippen LogP contribution in [0.3, 0.4) is 0 Å². The van der Waals surface area contributed by atoms with Crippen LogP contribution in [0.2, 0.25) is 0 Å². The molecule has 0 atom stereocenters. The normalized spacial score (nSPS) is 18.8. The smallest absolute Gasteiger partial charge is 0.319 e. The second-order valence-electron chi connectivity index (χ2n) is 6.97. The van der Waals surface area contributed by atoms with Crippen LogP contribution in [-0.2, 0) is 4.79 Å². The van der Waals surface area contributed by atoms with E-state index in [0.717, 1.165) is 44.5 Å². The topological polar surface area (TPSA) is 43.9 Å². The molecule has 2 fully saturated rings. The lowest BCUT2D eigenvalue weighted by atomic mass is 9.95. The number of anilines is 1. The van der Waals surface area contributed by atoms with Gasteiger partial charge in [-0.25, -0.2) is 4.79 Å². The van der Waals surface area contributed by atoms with E-state index in [1.165, 1.54) is 5.56 Å². The molecule has 0 aromatic heterocycles. The monoisotopic (exact) mass is 329 g/mol. The SMILES string of the molecule is Cc1ccc(N(C)C(=O)C2CCN(C(=O)N3CCCC3)CC2)cc1. The number of urea groups is 1. The van der Waals surface area contributed by atoms with Gasteiger partial charge in [-0.1, -0.05) is 17.7 Å². The Morgan fingerprint density at radius 3 is 2.08 bits per heavy atom. The van der Waals surface area contributed by atoms with Gasteiger partial charge in [0, 0.05) is 44.8 Å². The number of piperidine rings is 1. The number of carbonyl (C=O) groups excluding carboxylic acids is 2. The maximum Gasteiger partial charge on any atom is 0.319 e. The fourth-order valence-electron chi connectivity index (χ4n) is 3.60. The lowest BCUT2D eigenvalue weighted by Crippen LogP contribution is -2.48. The van der Waals surface area contributed by atoms with Crippen molar-refractivity contribution >= 4 is 17.6 Å². The average molecular weight is 329 g/mol. The van der Waals surface area contributed by atoms with Crippen molar-refractivity contribution in [2.45, 2.75) is 32.6 Å². The maximum atomic E-state index is 12.7. The van der Waals surface area contributed by atoms with Crippen LogP contribution < -0.4 is 4.90 Å². The van der Waals surface area contributed by atoms with E-state index in [4.69, 9.17) is 0 Å². The molecule has 0 saturated carbocycles. The van der Waals surface area contributed by atoms with Gasteiger partial charge in [-0.3, -0.25) is 4.79 Å². The molecule has 3 rings (SSSR count). The van der Waals surface area contributed by atoms with Crippen LogP contribution in [0, 0.1) is 12.8 Å². The summed E-state index contributed by atoms with van der Waals surface area (Å²) >= 11 is 0. The van der Waals surface area contributed by atoms with E-state index in [2.05, 4.69) is 0 Å². The zero-order chi connectivity index (χ0) is 17.1. The van der Waals surface area contributed by atoms with Crippen molar-refractivity contribution in [2.75, 3.05) is 38.1 Å². The highest BCUT2D eigenvalue weighted by Gasteiger charge is 2.31. The lowest BCUT2D eigenvalue weighted by Gasteiger charge is -2.35. The Balaban J connectivity index is 1.54. The van der Waals surface area contributed by atoms with E-state index in [1.807, 2.05) is 48.0 Å². The molecule has 130 valence electrons. The van der Waals surface area contributed by atoms with Crippen LogP contribution in [0.25, 0.3) is 0 Å². The summed E-state index contributed by atoms with van der Waals surface area (Å²) in [7, 11) is 1.84. The van der Waals surface area contributed by atoms with Gasteiger partial charge in [0.25, 0.3) is 0 Å². The number of aryl methyl sites for hydroxylation is 1. The number of carbonyl (C=O) groups is 2. The Morgan fingerprint density at radius 1 is 0.958 bits per heavy atom. The number of hydrogen-bond donors (Lipinski definition) is 0. The van der Waals surface area contributed by atoms with E-state index in [-0.39, 0.29) is 17.9 Å². The molecule has 0 aliphatic carbocycles. The number of amides is 3. The van der Waals surface area contributed by atoms with Crippen LogP contribution in [0.5, 0.6) is 0 Å².